The van der Waals surface area contributed by atoms with E-state index < -0.39 is 0 Å². The predicted molar refractivity (Wildman–Crippen MR) is 99.7 cm³/mol. The van der Waals surface area contributed by atoms with E-state index in [1.165, 1.54) is 12.3 Å². The number of nitrogens with zero attached hydrogens (tertiary/aromatic N) is 5. The van der Waals surface area contributed by atoms with E-state index in [4.69, 9.17) is 0 Å². The minimum absolute atomic E-state index is 0.316. The summed E-state index contributed by atoms with van der Waals surface area (Å²) in [7, 11) is 1.74. The van der Waals surface area contributed by atoms with E-state index >= 15 is 0 Å². The molecule has 4 rings (SSSR count). The predicted octanol–water partition coefficient (Wildman–Crippen LogP) is 3.39. The Hall–Kier alpha value is -3.46. The van der Waals surface area contributed by atoms with Crippen molar-refractivity contribution in [1.29, 1.82) is 0 Å². The van der Waals surface area contributed by atoms with Gasteiger partial charge in [-0.15, -0.1) is 16.4 Å². The summed E-state index contributed by atoms with van der Waals surface area (Å²) in [5, 5.41) is 14.6. The molecule has 0 saturated heterocycles. The molecule has 1 N–H and O–H groups in total. The van der Waals surface area contributed by atoms with Crippen LogP contribution in [0.3, 0.4) is 0 Å². The fourth-order valence-corrected chi connectivity index (χ4v) is 3.38. The normalized spacial score (nSPS) is 10.7. The Bertz CT molecular complexity index is 1120. The Morgan fingerprint density at radius 2 is 2.04 bits per heavy atom. The number of benzene rings is 2. The highest BCUT2D eigenvalue weighted by Gasteiger charge is 2.15. The second-order valence-corrected chi connectivity index (χ2v) is 6.70. The van der Waals surface area contributed by atoms with Gasteiger partial charge in [-0.05, 0) is 34.7 Å². The molecule has 0 spiro atoms. The van der Waals surface area contributed by atoms with E-state index in [9.17, 15) is 9.18 Å². The van der Waals surface area contributed by atoms with Crippen LogP contribution >= 0.6 is 11.3 Å². The maximum atomic E-state index is 13.9. The monoisotopic (exact) mass is 380 g/mol. The van der Waals surface area contributed by atoms with Gasteiger partial charge in [-0.2, -0.15) is 0 Å². The highest BCUT2D eigenvalue weighted by molar-refractivity contribution is 7.17. The number of aryl methyl sites for hydroxylation is 1. The molecule has 2 aromatic carbocycles. The Labute approximate surface area is 157 Å². The van der Waals surface area contributed by atoms with Crippen molar-refractivity contribution >= 4 is 22.9 Å². The lowest BCUT2D eigenvalue weighted by Gasteiger charge is -2.05. The van der Waals surface area contributed by atoms with Crippen molar-refractivity contribution < 1.29 is 9.18 Å². The van der Waals surface area contributed by atoms with E-state index in [1.807, 2.05) is 6.07 Å². The molecule has 0 saturated carbocycles. The average molecular weight is 380 g/mol. The van der Waals surface area contributed by atoms with Crippen molar-refractivity contribution in [2.24, 2.45) is 7.05 Å². The number of aromatic nitrogens is 5. The van der Waals surface area contributed by atoms with Crippen LogP contribution < -0.4 is 5.32 Å². The molecule has 0 fully saturated rings. The van der Waals surface area contributed by atoms with Crippen molar-refractivity contribution in [2.45, 2.75) is 0 Å². The molecular weight excluding hydrogens is 367 g/mol. The molecule has 134 valence electrons. The van der Waals surface area contributed by atoms with Crippen LogP contribution in [0.15, 0.2) is 54.7 Å². The van der Waals surface area contributed by atoms with E-state index in [1.54, 1.807) is 48.1 Å². The topological polar surface area (TPSA) is 85.6 Å². The molecule has 0 bridgehead atoms. The molecule has 2 aromatic heterocycles. The second kappa shape index (κ2) is 7.04. The zero-order valence-corrected chi connectivity index (χ0v) is 14.9. The van der Waals surface area contributed by atoms with Crippen LogP contribution in [-0.4, -0.2) is 31.1 Å². The standard InChI is InChI=1S/C18H13FN6OS/c1-25-16(22-23-24-25)11-5-4-6-12(9-11)21-17(26)15-10-20-18(27-15)13-7-2-3-8-14(13)19/h2-10H,1H3,(H,21,26). The molecule has 9 heteroatoms. The number of carbonyl (C=O) groups excluding carboxylic acids is 1. The van der Waals surface area contributed by atoms with Crippen LogP contribution in [0.5, 0.6) is 0 Å². The quantitative estimate of drug-likeness (QED) is 0.587. The second-order valence-electron chi connectivity index (χ2n) is 5.67. The minimum atomic E-state index is -0.371. The van der Waals surface area contributed by atoms with Gasteiger partial charge in [-0.3, -0.25) is 4.79 Å². The van der Waals surface area contributed by atoms with E-state index in [0.717, 1.165) is 16.9 Å². The Morgan fingerprint density at radius 1 is 1.19 bits per heavy atom. The number of carbonyl (C=O) groups is 1. The lowest BCUT2D eigenvalue weighted by molar-refractivity contribution is 0.103. The molecule has 27 heavy (non-hydrogen) atoms. The molecule has 0 unspecified atom stereocenters. The van der Waals surface area contributed by atoms with Crippen LogP contribution in [-0.2, 0) is 7.05 Å². The van der Waals surface area contributed by atoms with Gasteiger partial charge >= 0.3 is 0 Å². The van der Waals surface area contributed by atoms with Gasteiger partial charge in [0.05, 0.1) is 6.20 Å². The minimum Gasteiger partial charge on any atom is -0.321 e. The van der Waals surface area contributed by atoms with Gasteiger partial charge in [-0.1, -0.05) is 24.3 Å². The number of rotatable bonds is 4. The zero-order chi connectivity index (χ0) is 18.8. The van der Waals surface area contributed by atoms with Crippen LogP contribution in [0.4, 0.5) is 10.1 Å². The lowest BCUT2D eigenvalue weighted by atomic mass is 10.2. The molecule has 0 aliphatic heterocycles. The van der Waals surface area contributed by atoms with Crippen molar-refractivity contribution in [1.82, 2.24) is 25.2 Å². The van der Waals surface area contributed by atoms with Crippen molar-refractivity contribution in [3.63, 3.8) is 0 Å². The Balaban J connectivity index is 1.55. The van der Waals surface area contributed by atoms with Crippen molar-refractivity contribution in [2.75, 3.05) is 5.32 Å². The van der Waals surface area contributed by atoms with Gasteiger partial charge in [0.25, 0.3) is 5.91 Å². The number of halogens is 1. The summed E-state index contributed by atoms with van der Waals surface area (Å²) in [6, 6.07) is 13.5. The van der Waals surface area contributed by atoms with Gasteiger partial charge < -0.3 is 5.32 Å². The molecule has 1 amide bonds. The third-order valence-electron chi connectivity index (χ3n) is 3.83. The maximum absolute atomic E-state index is 13.9. The molecule has 2 heterocycles. The zero-order valence-electron chi connectivity index (χ0n) is 14.1. The first-order valence-corrected chi connectivity index (χ1v) is 8.78. The molecule has 0 aliphatic rings. The smallest absolute Gasteiger partial charge is 0.267 e. The number of nitrogens with one attached hydrogen (secondary N) is 1. The van der Waals surface area contributed by atoms with Crippen LogP contribution in [0, 0.1) is 5.82 Å². The summed E-state index contributed by atoms with van der Waals surface area (Å²) < 4.78 is 15.4. The molecule has 4 aromatic rings. The first kappa shape index (κ1) is 17.0. The number of amides is 1. The van der Waals surface area contributed by atoms with E-state index in [-0.39, 0.29) is 11.7 Å². The summed E-state index contributed by atoms with van der Waals surface area (Å²) in [4.78, 5) is 17.1. The fraction of sp³-hybridized carbons (Fsp3) is 0.0556. The summed E-state index contributed by atoms with van der Waals surface area (Å²) in [6.45, 7) is 0. The third kappa shape index (κ3) is 3.44. The summed E-state index contributed by atoms with van der Waals surface area (Å²) >= 11 is 1.13. The summed E-state index contributed by atoms with van der Waals surface area (Å²) in [5.41, 5.74) is 1.75. The Kier molecular flexibility index (Phi) is 4.43. The largest absolute Gasteiger partial charge is 0.321 e. The Morgan fingerprint density at radius 3 is 2.81 bits per heavy atom. The van der Waals surface area contributed by atoms with Gasteiger partial charge in [0.2, 0.25) is 0 Å². The average Bonchev–Trinajstić information content (AvgIpc) is 3.31. The molecule has 0 aliphatic carbocycles. The van der Waals surface area contributed by atoms with Gasteiger partial charge in [0, 0.05) is 23.9 Å². The summed E-state index contributed by atoms with van der Waals surface area (Å²) in [6.07, 6.45) is 1.44. The van der Waals surface area contributed by atoms with Gasteiger partial charge in [0.1, 0.15) is 15.7 Å². The number of hydrogen-bond acceptors (Lipinski definition) is 6. The third-order valence-corrected chi connectivity index (χ3v) is 4.86. The van der Waals surface area contributed by atoms with Crippen LogP contribution in [0.1, 0.15) is 9.67 Å². The maximum Gasteiger partial charge on any atom is 0.267 e. The lowest BCUT2D eigenvalue weighted by Crippen LogP contribution is -2.10. The highest BCUT2D eigenvalue weighted by Crippen LogP contribution is 2.28. The van der Waals surface area contributed by atoms with Crippen LogP contribution in [0.25, 0.3) is 22.0 Å². The molecule has 7 nitrogen and oxygen atoms in total. The number of thiazole rings is 1. The van der Waals surface area contributed by atoms with Crippen LogP contribution in [0.2, 0.25) is 0 Å². The molecule has 0 atom stereocenters. The molecular formula is C18H13FN6OS. The first-order valence-electron chi connectivity index (χ1n) is 7.96. The number of tetrazole rings is 1. The van der Waals surface area contributed by atoms with Gasteiger partial charge in [0.15, 0.2) is 5.82 Å². The summed E-state index contributed by atoms with van der Waals surface area (Å²) in [5.74, 6) is -0.0992. The van der Waals surface area contributed by atoms with E-state index in [0.29, 0.717) is 27.0 Å². The van der Waals surface area contributed by atoms with Gasteiger partial charge in [-0.25, -0.2) is 14.1 Å². The first-order chi connectivity index (χ1) is 13.1. The SMILES string of the molecule is Cn1nnnc1-c1cccc(NC(=O)c2cnc(-c3ccccc3F)s2)c1. The number of anilines is 1. The fourth-order valence-electron chi connectivity index (χ4n) is 2.54. The van der Waals surface area contributed by atoms with Crippen molar-refractivity contribution in [3.8, 4) is 22.0 Å². The highest BCUT2D eigenvalue weighted by atomic mass is 32.1. The van der Waals surface area contributed by atoms with Crippen molar-refractivity contribution in [3.05, 3.63) is 65.4 Å². The molecule has 0 radical (unpaired) electrons. The van der Waals surface area contributed by atoms with E-state index in [2.05, 4.69) is 25.8 Å². The number of hydrogen-bond donors (Lipinski definition) is 1.